The molecule has 174 valence electrons. The van der Waals surface area contributed by atoms with Crippen LogP contribution in [0.3, 0.4) is 0 Å². The number of carbonyl (C=O) groups excluding carboxylic acids is 2. The molecule has 5 rings (SSSR count). The molecule has 33 heavy (non-hydrogen) atoms. The number of nitrogens with zero attached hydrogens (tertiary/aromatic N) is 1. The first kappa shape index (κ1) is 22.7. The Balaban J connectivity index is 1.75. The first-order chi connectivity index (χ1) is 15.9. The van der Waals surface area contributed by atoms with Gasteiger partial charge in [-0.15, -0.1) is 0 Å². The molecule has 2 amide bonds. The zero-order chi connectivity index (χ0) is 23.3. The molecular weight excluding hydrogens is 463 g/mol. The molecule has 8 heteroatoms. The molecule has 2 aromatic rings. The molecule has 1 fully saturated rings. The highest BCUT2D eigenvalue weighted by Gasteiger charge is 2.49. The SMILES string of the molecule is CC1CONC(=O)[C@@H]2c3cc1ccc3C(=O)N([C@H]1CCCC[C@@H]1O)[C@H]2c1ccc(Cl)cc1Cl. The second-order valence-electron chi connectivity index (χ2n) is 9.24. The topological polar surface area (TPSA) is 78.9 Å². The lowest BCUT2D eigenvalue weighted by molar-refractivity contribution is -0.137. The van der Waals surface area contributed by atoms with Gasteiger partial charge in [-0.25, -0.2) is 5.48 Å². The van der Waals surface area contributed by atoms with Crippen LogP contribution in [-0.4, -0.2) is 40.6 Å². The largest absolute Gasteiger partial charge is 0.391 e. The van der Waals surface area contributed by atoms with Crippen molar-refractivity contribution < 1.29 is 19.5 Å². The molecule has 0 radical (unpaired) electrons. The summed E-state index contributed by atoms with van der Waals surface area (Å²) in [7, 11) is 0. The molecule has 2 aromatic carbocycles. The van der Waals surface area contributed by atoms with E-state index < -0.39 is 24.1 Å². The smallest absolute Gasteiger partial charge is 0.255 e. The summed E-state index contributed by atoms with van der Waals surface area (Å²) in [5.74, 6) is -1.26. The van der Waals surface area contributed by atoms with E-state index in [1.807, 2.05) is 19.1 Å². The van der Waals surface area contributed by atoms with Gasteiger partial charge in [0.1, 0.15) is 0 Å². The third-order valence-corrected chi connectivity index (χ3v) is 7.74. The van der Waals surface area contributed by atoms with Crippen LogP contribution in [0.15, 0.2) is 36.4 Å². The van der Waals surface area contributed by atoms with E-state index in [2.05, 4.69) is 5.48 Å². The predicted octanol–water partition coefficient (Wildman–Crippen LogP) is 4.74. The van der Waals surface area contributed by atoms with Crippen molar-refractivity contribution in [2.24, 2.45) is 0 Å². The van der Waals surface area contributed by atoms with Gasteiger partial charge < -0.3 is 10.0 Å². The van der Waals surface area contributed by atoms with Crippen molar-refractivity contribution in [3.63, 3.8) is 0 Å². The van der Waals surface area contributed by atoms with Crippen molar-refractivity contribution in [3.05, 3.63) is 68.7 Å². The highest BCUT2D eigenvalue weighted by molar-refractivity contribution is 6.35. The molecule has 1 aliphatic carbocycles. The number of nitrogens with one attached hydrogen (secondary N) is 1. The summed E-state index contributed by atoms with van der Waals surface area (Å²) in [6, 6.07) is 9.64. The minimum atomic E-state index is -0.754. The van der Waals surface area contributed by atoms with Crippen LogP contribution in [-0.2, 0) is 9.63 Å². The average molecular weight is 489 g/mol. The maximum absolute atomic E-state index is 14.0. The lowest BCUT2D eigenvalue weighted by Gasteiger charge is -2.48. The number of halogens is 2. The molecule has 2 bridgehead atoms. The van der Waals surface area contributed by atoms with E-state index in [4.69, 9.17) is 28.0 Å². The van der Waals surface area contributed by atoms with Crippen molar-refractivity contribution in [1.29, 1.82) is 0 Å². The Bertz CT molecular complexity index is 1110. The molecule has 1 unspecified atom stereocenters. The quantitative estimate of drug-likeness (QED) is 0.639. The summed E-state index contributed by atoms with van der Waals surface area (Å²) >= 11 is 12.8. The maximum Gasteiger partial charge on any atom is 0.255 e. The minimum absolute atomic E-state index is 0.0419. The monoisotopic (exact) mass is 488 g/mol. The number of aliphatic hydroxyl groups excluding tert-OH is 1. The van der Waals surface area contributed by atoms with Crippen LogP contribution in [0.1, 0.15) is 77.5 Å². The number of rotatable bonds is 2. The van der Waals surface area contributed by atoms with E-state index in [1.54, 1.807) is 29.2 Å². The molecule has 2 N–H and O–H groups in total. The van der Waals surface area contributed by atoms with Gasteiger partial charge in [-0.1, -0.05) is 61.2 Å². The van der Waals surface area contributed by atoms with Crippen LogP contribution < -0.4 is 5.48 Å². The number of aliphatic hydroxyl groups is 1. The molecule has 5 atom stereocenters. The van der Waals surface area contributed by atoms with E-state index in [0.29, 0.717) is 46.2 Å². The Hall–Kier alpha value is -2.12. The molecule has 3 aliphatic rings. The van der Waals surface area contributed by atoms with Gasteiger partial charge in [0.15, 0.2) is 0 Å². The Labute approximate surface area is 202 Å². The maximum atomic E-state index is 14.0. The zero-order valence-electron chi connectivity index (χ0n) is 18.3. The second kappa shape index (κ2) is 8.91. The van der Waals surface area contributed by atoms with Crippen LogP contribution in [0.25, 0.3) is 0 Å². The van der Waals surface area contributed by atoms with Crippen LogP contribution in [0.5, 0.6) is 0 Å². The summed E-state index contributed by atoms with van der Waals surface area (Å²) < 4.78 is 0. The number of hydrogen-bond donors (Lipinski definition) is 2. The number of benzene rings is 2. The normalized spacial score (nSPS) is 29.7. The first-order valence-corrected chi connectivity index (χ1v) is 12.1. The predicted molar refractivity (Wildman–Crippen MR) is 125 cm³/mol. The van der Waals surface area contributed by atoms with Crippen LogP contribution in [0, 0.1) is 0 Å². The summed E-state index contributed by atoms with van der Waals surface area (Å²) in [4.78, 5) is 34.7. The van der Waals surface area contributed by atoms with Gasteiger partial charge in [0.25, 0.3) is 11.8 Å². The summed E-state index contributed by atoms with van der Waals surface area (Å²) in [6.45, 7) is 2.33. The van der Waals surface area contributed by atoms with Gasteiger partial charge in [0.2, 0.25) is 0 Å². The van der Waals surface area contributed by atoms with Crippen molar-refractivity contribution in [2.75, 3.05) is 6.61 Å². The fourth-order valence-corrected chi connectivity index (χ4v) is 5.98. The lowest BCUT2D eigenvalue weighted by atomic mass is 9.76. The number of hydrogen-bond acceptors (Lipinski definition) is 4. The Kier molecular flexibility index (Phi) is 6.12. The van der Waals surface area contributed by atoms with Gasteiger partial charge >= 0.3 is 0 Å². The highest BCUT2D eigenvalue weighted by atomic mass is 35.5. The summed E-state index contributed by atoms with van der Waals surface area (Å²) in [5.41, 5.74) is 5.35. The van der Waals surface area contributed by atoms with Crippen molar-refractivity contribution in [2.45, 2.75) is 62.6 Å². The van der Waals surface area contributed by atoms with Crippen molar-refractivity contribution in [3.8, 4) is 0 Å². The lowest BCUT2D eigenvalue weighted by Crippen LogP contribution is -2.55. The van der Waals surface area contributed by atoms with Crippen LogP contribution >= 0.6 is 23.2 Å². The third kappa shape index (κ3) is 3.93. The third-order valence-electron chi connectivity index (χ3n) is 7.18. The van der Waals surface area contributed by atoms with Crippen LogP contribution in [0.2, 0.25) is 10.0 Å². The number of hydroxylamine groups is 1. The van der Waals surface area contributed by atoms with E-state index in [-0.39, 0.29) is 17.7 Å². The Morgan fingerprint density at radius 1 is 1.06 bits per heavy atom. The van der Waals surface area contributed by atoms with E-state index in [1.165, 1.54) is 0 Å². The molecule has 0 spiro atoms. The van der Waals surface area contributed by atoms with E-state index in [0.717, 1.165) is 18.4 Å². The van der Waals surface area contributed by atoms with E-state index in [9.17, 15) is 14.7 Å². The molecule has 2 aliphatic heterocycles. The minimum Gasteiger partial charge on any atom is -0.391 e. The van der Waals surface area contributed by atoms with Gasteiger partial charge in [-0.2, -0.15) is 0 Å². The fourth-order valence-electron chi connectivity index (χ4n) is 5.46. The summed E-state index contributed by atoms with van der Waals surface area (Å²) in [5, 5.41) is 11.7. The van der Waals surface area contributed by atoms with Crippen LogP contribution in [0.4, 0.5) is 0 Å². The number of fused-ring (bicyclic) bond motifs is 1. The fraction of sp³-hybridized carbons (Fsp3) is 0.440. The van der Waals surface area contributed by atoms with E-state index >= 15 is 0 Å². The number of amides is 2. The molecule has 2 heterocycles. The summed E-state index contributed by atoms with van der Waals surface area (Å²) in [6.07, 6.45) is 2.40. The van der Waals surface area contributed by atoms with Gasteiger partial charge in [-0.05, 0) is 47.7 Å². The van der Waals surface area contributed by atoms with Gasteiger partial charge in [0, 0.05) is 21.5 Å². The van der Waals surface area contributed by atoms with Crippen molar-refractivity contribution in [1.82, 2.24) is 10.4 Å². The molecule has 0 aromatic heterocycles. The Morgan fingerprint density at radius 3 is 2.61 bits per heavy atom. The molecule has 1 saturated carbocycles. The Morgan fingerprint density at radius 2 is 1.85 bits per heavy atom. The molecule has 0 saturated heterocycles. The van der Waals surface area contributed by atoms with Crippen molar-refractivity contribution >= 4 is 35.0 Å². The molecule has 6 nitrogen and oxygen atoms in total. The standard InChI is InChI=1S/C25H26Cl2N2O4/c1-13-12-33-28-24(31)22-18-10-14(13)6-8-16(18)25(32)29(20-4-2-3-5-21(20)30)23(22)17-9-7-15(26)11-19(17)27/h6-11,13,20-23,30H,2-5,12H2,1H3,(H,28,31)/t13?,20-,21-,22+,23-/m0/s1. The second-order valence-corrected chi connectivity index (χ2v) is 10.1. The van der Waals surface area contributed by atoms with Gasteiger partial charge in [0.05, 0.1) is 30.7 Å². The zero-order valence-corrected chi connectivity index (χ0v) is 19.8. The number of carbonyl (C=O) groups is 2. The average Bonchev–Trinajstić information content (AvgIpc) is 2.83. The highest BCUT2D eigenvalue weighted by Crippen LogP contribution is 2.48. The molecular formula is C25H26Cl2N2O4. The first-order valence-electron chi connectivity index (χ1n) is 11.4. The van der Waals surface area contributed by atoms with Gasteiger partial charge in [-0.3, -0.25) is 14.4 Å².